The van der Waals surface area contributed by atoms with Crippen LogP contribution in [-0.2, 0) is 24.0 Å². The molecule has 0 spiro atoms. The molecular weight excluding hydrogens is 240 g/mol. The summed E-state index contributed by atoms with van der Waals surface area (Å²) in [6.07, 6.45) is 3.77. The van der Waals surface area contributed by atoms with Crippen molar-refractivity contribution in [2.24, 2.45) is 0 Å². The monoisotopic (exact) mass is 262 g/mol. The summed E-state index contributed by atoms with van der Waals surface area (Å²) < 4.78 is 5.03. The quantitative estimate of drug-likeness (QED) is 0.631. The zero-order valence-electron chi connectivity index (χ0n) is 12.0. The Balaban J connectivity index is 3.46. The average molecular weight is 262 g/mol. The van der Waals surface area contributed by atoms with E-state index in [1.165, 1.54) is 0 Å². The molecule has 0 aliphatic heterocycles. The van der Waals surface area contributed by atoms with Crippen LogP contribution >= 0.6 is 0 Å². The Morgan fingerprint density at radius 3 is 2.42 bits per heavy atom. The lowest BCUT2D eigenvalue weighted by molar-refractivity contribution is 0.0521. The standard InChI is InChI=1S/C16H22O3/c1-5-9-13-11(6-2)10-12(7-3)14(15(13)17)16(18)19-8-4/h5,10,17H,1,6-9H2,2-4H3. The van der Waals surface area contributed by atoms with E-state index in [2.05, 4.69) is 6.58 Å². The van der Waals surface area contributed by atoms with Gasteiger partial charge in [0.15, 0.2) is 0 Å². The highest BCUT2D eigenvalue weighted by Crippen LogP contribution is 2.31. The minimum Gasteiger partial charge on any atom is -0.507 e. The lowest BCUT2D eigenvalue weighted by atomic mass is 9.92. The van der Waals surface area contributed by atoms with Crippen LogP contribution in [0.15, 0.2) is 18.7 Å². The molecular formula is C16H22O3. The number of ether oxygens (including phenoxy) is 1. The topological polar surface area (TPSA) is 46.5 Å². The molecule has 1 aromatic carbocycles. The van der Waals surface area contributed by atoms with E-state index in [1.54, 1.807) is 13.0 Å². The summed E-state index contributed by atoms with van der Waals surface area (Å²) in [5.41, 5.74) is 2.97. The molecule has 0 amide bonds. The van der Waals surface area contributed by atoms with Crippen LogP contribution in [-0.4, -0.2) is 17.7 Å². The molecule has 3 heteroatoms. The molecule has 0 atom stereocenters. The zero-order chi connectivity index (χ0) is 14.4. The fraction of sp³-hybridized carbons (Fsp3) is 0.438. The largest absolute Gasteiger partial charge is 0.507 e. The SMILES string of the molecule is C=CCc1c(CC)cc(CC)c(C(=O)OCC)c1O. The number of aryl methyl sites for hydroxylation is 2. The van der Waals surface area contributed by atoms with Crippen molar-refractivity contribution >= 4 is 5.97 Å². The number of carbonyl (C=O) groups excluding carboxylic acids is 1. The van der Waals surface area contributed by atoms with Gasteiger partial charge in [-0.25, -0.2) is 4.79 Å². The molecule has 0 aromatic heterocycles. The summed E-state index contributed by atoms with van der Waals surface area (Å²) in [5, 5.41) is 10.4. The number of carbonyl (C=O) groups is 1. The molecule has 0 unspecified atom stereocenters. The molecule has 1 N–H and O–H groups in total. The van der Waals surface area contributed by atoms with Gasteiger partial charge in [-0.1, -0.05) is 26.0 Å². The summed E-state index contributed by atoms with van der Waals surface area (Å²) in [7, 11) is 0. The summed E-state index contributed by atoms with van der Waals surface area (Å²) >= 11 is 0. The van der Waals surface area contributed by atoms with Gasteiger partial charge in [-0.15, -0.1) is 6.58 Å². The normalized spacial score (nSPS) is 10.3. The lowest BCUT2D eigenvalue weighted by Crippen LogP contribution is -2.11. The predicted octanol–water partition coefficient (Wildman–Crippen LogP) is 3.42. The minimum atomic E-state index is -0.454. The maximum Gasteiger partial charge on any atom is 0.342 e. The van der Waals surface area contributed by atoms with E-state index in [9.17, 15) is 9.90 Å². The molecule has 0 aliphatic rings. The molecule has 0 saturated heterocycles. The van der Waals surface area contributed by atoms with Gasteiger partial charge in [0.1, 0.15) is 11.3 Å². The molecule has 0 aliphatic carbocycles. The lowest BCUT2D eigenvalue weighted by Gasteiger charge is -2.16. The molecule has 3 nitrogen and oxygen atoms in total. The number of allylic oxidation sites excluding steroid dienone is 1. The van der Waals surface area contributed by atoms with E-state index in [0.29, 0.717) is 25.0 Å². The van der Waals surface area contributed by atoms with Crippen LogP contribution in [0.1, 0.15) is 47.8 Å². The fourth-order valence-corrected chi connectivity index (χ4v) is 2.22. The maximum atomic E-state index is 12.0. The molecule has 0 radical (unpaired) electrons. The Hall–Kier alpha value is -1.77. The highest BCUT2D eigenvalue weighted by molar-refractivity contribution is 5.95. The molecule has 1 aromatic rings. The summed E-state index contributed by atoms with van der Waals surface area (Å²) in [4.78, 5) is 12.0. The molecule has 19 heavy (non-hydrogen) atoms. The van der Waals surface area contributed by atoms with Gasteiger partial charge in [-0.2, -0.15) is 0 Å². The third-order valence-electron chi connectivity index (χ3n) is 3.17. The summed E-state index contributed by atoms with van der Waals surface area (Å²) in [6, 6.07) is 1.99. The van der Waals surface area contributed by atoms with Gasteiger partial charge < -0.3 is 9.84 Å². The number of phenols is 1. The van der Waals surface area contributed by atoms with Crippen LogP contribution in [0.5, 0.6) is 5.75 Å². The number of benzene rings is 1. The van der Waals surface area contributed by atoms with Crippen LogP contribution < -0.4 is 0 Å². The highest BCUT2D eigenvalue weighted by atomic mass is 16.5. The van der Waals surface area contributed by atoms with Crippen molar-refractivity contribution in [2.45, 2.75) is 40.0 Å². The Morgan fingerprint density at radius 1 is 1.32 bits per heavy atom. The van der Waals surface area contributed by atoms with Crippen molar-refractivity contribution in [1.29, 1.82) is 0 Å². The molecule has 0 saturated carbocycles. The van der Waals surface area contributed by atoms with E-state index in [4.69, 9.17) is 4.74 Å². The third kappa shape index (κ3) is 3.16. The Labute approximate surface area is 114 Å². The molecule has 0 heterocycles. The Bertz CT molecular complexity index is 475. The second-order valence-corrected chi connectivity index (χ2v) is 4.32. The van der Waals surface area contributed by atoms with Crippen LogP contribution in [0.2, 0.25) is 0 Å². The minimum absolute atomic E-state index is 0.0505. The van der Waals surface area contributed by atoms with Gasteiger partial charge in [0.25, 0.3) is 0 Å². The predicted molar refractivity (Wildman–Crippen MR) is 76.7 cm³/mol. The first-order valence-corrected chi connectivity index (χ1v) is 6.75. The van der Waals surface area contributed by atoms with E-state index < -0.39 is 5.97 Å². The van der Waals surface area contributed by atoms with Gasteiger partial charge in [-0.05, 0) is 37.3 Å². The van der Waals surface area contributed by atoms with Gasteiger partial charge in [0, 0.05) is 5.56 Å². The van der Waals surface area contributed by atoms with E-state index in [0.717, 1.165) is 23.1 Å². The summed E-state index contributed by atoms with van der Waals surface area (Å²) in [6.45, 7) is 9.75. The zero-order valence-corrected chi connectivity index (χ0v) is 12.0. The third-order valence-corrected chi connectivity index (χ3v) is 3.17. The number of aromatic hydroxyl groups is 1. The van der Waals surface area contributed by atoms with Crippen molar-refractivity contribution in [2.75, 3.05) is 6.61 Å². The Kier molecular flexibility index (Phi) is 5.61. The molecule has 0 fully saturated rings. The second kappa shape index (κ2) is 6.98. The van der Waals surface area contributed by atoms with Crippen molar-refractivity contribution in [3.05, 3.63) is 41.0 Å². The first-order chi connectivity index (χ1) is 9.10. The number of hydrogen-bond donors (Lipinski definition) is 1. The number of phenolic OH excluding ortho intramolecular Hbond substituents is 1. The van der Waals surface area contributed by atoms with Crippen molar-refractivity contribution in [3.8, 4) is 5.75 Å². The Morgan fingerprint density at radius 2 is 1.95 bits per heavy atom. The first-order valence-electron chi connectivity index (χ1n) is 6.75. The van der Waals surface area contributed by atoms with E-state index >= 15 is 0 Å². The first kappa shape index (κ1) is 15.3. The van der Waals surface area contributed by atoms with Crippen molar-refractivity contribution in [3.63, 3.8) is 0 Å². The van der Waals surface area contributed by atoms with E-state index in [-0.39, 0.29) is 5.75 Å². The van der Waals surface area contributed by atoms with Crippen LogP contribution in [0.25, 0.3) is 0 Å². The maximum absolute atomic E-state index is 12.0. The smallest absolute Gasteiger partial charge is 0.342 e. The fourth-order valence-electron chi connectivity index (χ4n) is 2.22. The van der Waals surface area contributed by atoms with Crippen molar-refractivity contribution in [1.82, 2.24) is 0 Å². The van der Waals surface area contributed by atoms with E-state index in [1.807, 2.05) is 19.9 Å². The number of rotatable bonds is 6. The van der Waals surface area contributed by atoms with Crippen molar-refractivity contribution < 1.29 is 14.6 Å². The van der Waals surface area contributed by atoms with Gasteiger partial charge in [-0.3, -0.25) is 0 Å². The molecule has 104 valence electrons. The number of esters is 1. The molecule has 1 rings (SSSR count). The number of hydrogen-bond acceptors (Lipinski definition) is 3. The summed E-state index contributed by atoms with van der Waals surface area (Å²) in [5.74, 6) is -0.403. The van der Waals surface area contributed by atoms with Crippen LogP contribution in [0, 0.1) is 0 Å². The van der Waals surface area contributed by atoms with Gasteiger partial charge in [0.05, 0.1) is 6.61 Å². The van der Waals surface area contributed by atoms with Crippen LogP contribution in [0.4, 0.5) is 0 Å². The van der Waals surface area contributed by atoms with Crippen LogP contribution in [0.3, 0.4) is 0 Å². The van der Waals surface area contributed by atoms with Gasteiger partial charge in [0.2, 0.25) is 0 Å². The second-order valence-electron chi connectivity index (χ2n) is 4.32. The average Bonchev–Trinajstić information content (AvgIpc) is 2.40. The van der Waals surface area contributed by atoms with Gasteiger partial charge >= 0.3 is 5.97 Å². The highest BCUT2D eigenvalue weighted by Gasteiger charge is 2.21. The molecule has 0 bridgehead atoms.